The van der Waals surface area contributed by atoms with E-state index >= 15 is 0 Å². The molecular formula is C14H18ClNO2. The predicted octanol–water partition coefficient (Wildman–Crippen LogP) is 2.59. The van der Waals surface area contributed by atoms with Crippen molar-refractivity contribution in [3.63, 3.8) is 0 Å². The maximum absolute atomic E-state index is 12.3. The second-order valence-corrected chi connectivity index (χ2v) is 5.33. The van der Waals surface area contributed by atoms with Crippen molar-refractivity contribution in [1.29, 1.82) is 0 Å². The van der Waals surface area contributed by atoms with E-state index in [4.69, 9.17) is 22.1 Å². The molecule has 1 aromatic carbocycles. The number of carbonyl (C=O) groups is 1. The van der Waals surface area contributed by atoms with Crippen LogP contribution in [0.4, 0.5) is 0 Å². The number of ether oxygens (including phenoxy) is 1. The zero-order chi connectivity index (χ0) is 13.2. The van der Waals surface area contributed by atoms with Gasteiger partial charge in [-0.05, 0) is 31.0 Å². The van der Waals surface area contributed by atoms with Gasteiger partial charge in [0.1, 0.15) is 11.5 Å². The number of Topliss-reactive ketones (excluding diaryl/α,β-unsaturated/α-hetero) is 1. The molecule has 0 heterocycles. The molecule has 0 radical (unpaired) electrons. The zero-order valence-corrected chi connectivity index (χ0v) is 11.3. The highest BCUT2D eigenvalue weighted by Crippen LogP contribution is 2.42. The Hall–Kier alpha value is -1.06. The van der Waals surface area contributed by atoms with Crippen LogP contribution in [0.15, 0.2) is 18.2 Å². The fraction of sp³-hybridized carbons (Fsp3) is 0.500. The molecule has 1 aromatic rings. The molecule has 0 spiro atoms. The Kier molecular flexibility index (Phi) is 3.93. The van der Waals surface area contributed by atoms with Crippen molar-refractivity contribution in [1.82, 2.24) is 0 Å². The Balaban J connectivity index is 2.18. The molecule has 0 saturated heterocycles. The summed E-state index contributed by atoms with van der Waals surface area (Å²) in [6, 6.07) is 5.35. The molecule has 2 rings (SSSR count). The number of benzene rings is 1. The number of ketones is 1. The fourth-order valence-corrected chi connectivity index (χ4v) is 2.64. The molecule has 3 nitrogen and oxygen atoms in total. The minimum Gasteiger partial charge on any atom is -0.496 e. The van der Waals surface area contributed by atoms with E-state index in [1.54, 1.807) is 25.3 Å². The van der Waals surface area contributed by atoms with Gasteiger partial charge in [-0.2, -0.15) is 0 Å². The molecule has 2 N–H and O–H groups in total. The molecule has 0 bridgehead atoms. The third-order valence-corrected chi connectivity index (χ3v) is 4.12. The fourth-order valence-electron chi connectivity index (χ4n) is 2.45. The van der Waals surface area contributed by atoms with Gasteiger partial charge in [0.15, 0.2) is 0 Å². The topological polar surface area (TPSA) is 52.3 Å². The smallest absolute Gasteiger partial charge is 0.144 e. The van der Waals surface area contributed by atoms with E-state index in [-0.39, 0.29) is 11.2 Å². The van der Waals surface area contributed by atoms with Crippen LogP contribution in [0.3, 0.4) is 0 Å². The Morgan fingerprint density at radius 1 is 1.50 bits per heavy atom. The number of methoxy groups -OCH3 is 1. The third-order valence-electron chi connectivity index (χ3n) is 3.89. The lowest BCUT2D eigenvalue weighted by Crippen LogP contribution is -2.45. The van der Waals surface area contributed by atoms with Crippen molar-refractivity contribution in [2.24, 2.45) is 11.1 Å². The summed E-state index contributed by atoms with van der Waals surface area (Å²) in [6.07, 6.45) is 3.26. The van der Waals surface area contributed by atoms with Crippen LogP contribution in [-0.4, -0.2) is 19.4 Å². The van der Waals surface area contributed by atoms with Gasteiger partial charge in [0, 0.05) is 29.0 Å². The lowest BCUT2D eigenvalue weighted by Gasteiger charge is -2.39. The van der Waals surface area contributed by atoms with E-state index < -0.39 is 0 Å². The molecule has 0 atom stereocenters. The summed E-state index contributed by atoms with van der Waals surface area (Å²) in [4.78, 5) is 12.3. The molecule has 1 aliphatic carbocycles. The number of rotatable bonds is 5. The summed E-state index contributed by atoms with van der Waals surface area (Å²) < 4.78 is 5.26. The SMILES string of the molecule is COc1ccc(Cl)cc1CC(=O)C1(CN)CCC1. The first-order valence-electron chi connectivity index (χ1n) is 6.17. The number of halogens is 1. The zero-order valence-electron chi connectivity index (χ0n) is 10.5. The number of nitrogens with two attached hydrogens (primary N) is 1. The average Bonchev–Trinajstić information content (AvgIpc) is 2.28. The molecule has 98 valence electrons. The van der Waals surface area contributed by atoms with Crippen LogP contribution in [0.1, 0.15) is 24.8 Å². The maximum Gasteiger partial charge on any atom is 0.144 e. The number of hydrogen-bond donors (Lipinski definition) is 1. The van der Waals surface area contributed by atoms with Crippen LogP contribution in [0.2, 0.25) is 5.02 Å². The molecule has 18 heavy (non-hydrogen) atoms. The summed E-state index contributed by atoms with van der Waals surface area (Å²) >= 11 is 5.96. The van der Waals surface area contributed by atoms with E-state index in [1.165, 1.54) is 0 Å². The first-order chi connectivity index (χ1) is 8.61. The maximum atomic E-state index is 12.3. The van der Waals surface area contributed by atoms with E-state index in [9.17, 15) is 4.79 Å². The summed E-state index contributed by atoms with van der Waals surface area (Å²) in [5, 5.41) is 0.619. The highest BCUT2D eigenvalue weighted by Gasteiger charge is 2.42. The van der Waals surface area contributed by atoms with Gasteiger partial charge in [0.05, 0.1) is 7.11 Å². The van der Waals surface area contributed by atoms with Crippen molar-refractivity contribution in [3.05, 3.63) is 28.8 Å². The van der Waals surface area contributed by atoms with Crippen molar-refractivity contribution < 1.29 is 9.53 Å². The van der Waals surface area contributed by atoms with Crippen molar-refractivity contribution in [3.8, 4) is 5.75 Å². The van der Waals surface area contributed by atoms with Gasteiger partial charge in [-0.25, -0.2) is 0 Å². The first kappa shape index (κ1) is 13.4. The van der Waals surface area contributed by atoms with Crippen LogP contribution >= 0.6 is 11.6 Å². The van der Waals surface area contributed by atoms with E-state index in [2.05, 4.69) is 0 Å². The summed E-state index contributed by atoms with van der Waals surface area (Å²) in [6.45, 7) is 0.439. The standard InChI is InChI=1S/C14H18ClNO2/c1-18-12-4-3-11(15)7-10(12)8-13(17)14(9-16)5-2-6-14/h3-4,7H,2,5-6,8-9,16H2,1H3. The van der Waals surface area contributed by atoms with Gasteiger partial charge in [-0.15, -0.1) is 0 Å². The second kappa shape index (κ2) is 5.29. The average molecular weight is 268 g/mol. The molecule has 0 aliphatic heterocycles. The Morgan fingerprint density at radius 3 is 2.72 bits per heavy atom. The van der Waals surface area contributed by atoms with E-state index in [0.29, 0.717) is 23.7 Å². The molecule has 0 unspecified atom stereocenters. The van der Waals surface area contributed by atoms with Gasteiger partial charge >= 0.3 is 0 Å². The van der Waals surface area contributed by atoms with Crippen LogP contribution < -0.4 is 10.5 Å². The normalized spacial score (nSPS) is 17.1. The molecule has 1 saturated carbocycles. The van der Waals surface area contributed by atoms with E-state index in [1.807, 2.05) is 0 Å². The largest absolute Gasteiger partial charge is 0.496 e. The van der Waals surface area contributed by atoms with Crippen molar-refractivity contribution >= 4 is 17.4 Å². The van der Waals surface area contributed by atoms with Gasteiger partial charge in [0.25, 0.3) is 0 Å². The van der Waals surface area contributed by atoms with Gasteiger partial charge in [0.2, 0.25) is 0 Å². The summed E-state index contributed by atoms with van der Waals surface area (Å²) in [5.41, 5.74) is 6.29. The second-order valence-electron chi connectivity index (χ2n) is 4.89. The Bertz CT molecular complexity index is 450. The quantitative estimate of drug-likeness (QED) is 0.892. The van der Waals surface area contributed by atoms with Crippen LogP contribution in [-0.2, 0) is 11.2 Å². The third kappa shape index (κ3) is 2.38. The molecule has 1 fully saturated rings. The minimum absolute atomic E-state index is 0.205. The lowest BCUT2D eigenvalue weighted by molar-refractivity contribution is -0.132. The summed E-state index contributed by atoms with van der Waals surface area (Å²) in [5.74, 6) is 0.913. The predicted molar refractivity (Wildman–Crippen MR) is 72.1 cm³/mol. The Morgan fingerprint density at radius 2 is 2.22 bits per heavy atom. The van der Waals surface area contributed by atoms with E-state index in [0.717, 1.165) is 24.8 Å². The minimum atomic E-state index is -0.298. The summed E-state index contributed by atoms with van der Waals surface area (Å²) in [7, 11) is 1.60. The van der Waals surface area contributed by atoms with Crippen LogP contribution in [0.5, 0.6) is 5.75 Å². The van der Waals surface area contributed by atoms with Gasteiger partial charge in [-0.3, -0.25) is 4.79 Å². The number of carbonyl (C=O) groups excluding carboxylic acids is 1. The van der Waals surface area contributed by atoms with Crippen LogP contribution in [0.25, 0.3) is 0 Å². The Labute approximate surface area is 112 Å². The monoisotopic (exact) mass is 267 g/mol. The highest BCUT2D eigenvalue weighted by atomic mass is 35.5. The van der Waals surface area contributed by atoms with Crippen LogP contribution in [0, 0.1) is 5.41 Å². The van der Waals surface area contributed by atoms with Crippen molar-refractivity contribution in [2.45, 2.75) is 25.7 Å². The molecule has 0 aromatic heterocycles. The molecule has 1 aliphatic rings. The molecule has 4 heteroatoms. The lowest BCUT2D eigenvalue weighted by atomic mass is 9.65. The van der Waals surface area contributed by atoms with Gasteiger partial charge < -0.3 is 10.5 Å². The molecular weight excluding hydrogens is 250 g/mol. The van der Waals surface area contributed by atoms with Crippen molar-refractivity contribution in [2.75, 3.05) is 13.7 Å². The number of hydrogen-bond acceptors (Lipinski definition) is 3. The highest BCUT2D eigenvalue weighted by molar-refractivity contribution is 6.30. The first-order valence-corrected chi connectivity index (χ1v) is 6.55. The van der Waals surface area contributed by atoms with Gasteiger partial charge in [-0.1, -0.05) is 18.0 Å². The molecule has 0 amide bonds.